The number of carbonyl (C=O) groups is 1. The van der Waals surface area contributed by atoms with E-state index < -0.39 is 0 Å². The van der Waals surface area contributed by atoms with Crippen molar-refractivity contribution in [2.45, 2.75) is 25.3 Å². The zero-order chi connectivity index (χ0) is 16.8. The first-order valence-electron chi connectivity index (χ1n) is 8.34. The summed E-state index contributed by atoms with van der Waals surface area (Å²) in [6.45, 7) is 1.98. The van der Waals surface area contributed by atoms with E-state index in [1.807, 2.05) is 19.2 Å². The molecule has 1 aromatic heterocycles. The number of likely N-dealkylation sites (N-methyl/N-ethyl adjacent to an activating group) is 1. The number of ether oxygens (including phenoxy) is 1. The van der Waals surface area contributed by atoms with E-state index >= 15 is 0 Å². The summed E-state index contributed by atoms with van der Waals surface area (Å²) in [5, 5.41) is 3.23. The minimum Gasteiger partial charge on any atom is -0.492 e. The molecule has 0 aromatic carbocycles. The second-order valence-electron chi connectivity index (χ2n) is 6.06. The molecular formula is C18H23N4O2. The summed E-state index contributed by atoms with van der Waals surface area (Å²) >= 11 is 0. The predicted octanol–water partition coefficient (Wildman–Crippen LogP) is 1.58. The summed E-state index contributed by atoms with van der Waals surface area (Å²) in [4.78, 5) is 22.1. The van der Waals surface area contributed by atoms with Crippen LogP contribution in [-0.2, 0) is 9.53 Å². The van der Waals surface area contributed by atoms with E-state index in [2.05, 4.69) is 21.7 Å². The van der Waals surface area contributed by atoms with E-state index in [9.17, 15) is 4.79 Å². The number of aromatic nitrogens is 2. The topological polar surface area (TPSA) is 67.3 Å². The molecule has 24 heavy (non-hydrogen) atoms. The zero-order valence-corrected chi connectivity index (χ0v) is 13.9. The molecule has 0 saturated carbocycles. The van der Waals surface area contributed by atoms with Crippen molar-refractivity contribution in [2.75, 3.05) is 26.7 Å². The van der Waals surface area contributed by atoms with Gasteiger partial charge < -0.3 is 15.0 Å². The fraction of sp³-hybridized carbons (Fsp3) is 0.444. The van der Waals surface area contributed by atoms with Crippen LogP contribution in [0.15, 0.2) is 36.6 Å². The van der Waals surface area contributed by atoms with Crippen molar-refractivity contribution in [1.82, 2.24) is 20.2 Å². The Morgan fingerprint density at radius 3 is 3.00 bits per heavy atom. The van der Waals surface area contributed by atoms with Crippen LogP contribution in [0.4, 0.5) is 0 Å². The highest BCUT2D eigenvalue weighted by Crippen LogP contribution is 2.25. The second-order valence-corrected chi connectivity index (χ2v) is 6.06. The van der Waals surface area contributed by atoms with Gasteiger partial charge in [-0.15, -0.1) is 0 Å². The SMILES string of the molecule is CN(CCOC1=C[CH]CC(c2cncnc2)=C1)C(=O)[C@@H]1CCCN1. The standard InChI is InChI=1S/C18H23N4O2/c1-22(18(23)17-6-3-7-21-17)8-9-24-16-5-2-4-14(10-16)15-11-19-13-20-12-15/h2,5,10-13,17,21H,3-4,6-9H2,1H3/t17-/m0/s1. The van der Waals surface area contributed by atoms with Crippen molar-refractivity contribution < 1.29 is 9.53 Å². The monoisotopic (exact) mass is 327 g/mol. The molecule has 6 heteroatoms. The molecule has 1 amide bonds. The number of nitrogens with one attached hydrogen (secondary N) is 1. The maximum Gasteiger partial charge on any atom is 0.239 e. The number of rotatable bonds is 6. The molecule has 1 aliphatic carbocycles. The van der Waals surface area contributed by atoms with Gasteiger partial charge in [0.15, 0.2) is 0 Å². The van der Waals surface area contributed by atoms with Crippen LogP contribution in [0, 0.1) is 6.42 Å². The maximum atomic E-state index is 12.2. The third-order valence-corrected chi connectivity index (χ3v) is 4.30. The van der Waals surface area contributed by atoms with Crippen molar-refractivity contribution in [2.24, 2.45) is 0 Å². The van der Waals surface area contributed by atoms with Gasteiger partial charge in [-0.2, -0.15) is 0 Å². The Bertz CT molecular complexity index is 621. The third-order valence-electron chi connectivity index (χ3n) is 4.30. The predicted molar refractivity (Wildman–Crippen MR) is 91.6 cm³/mol. The molecule has 1 aromatic rings. The summed E-state index contributed by atoms with van der Waals surface area (Å²) in [5.74, 6) is 0.956. The largest absolute Gasteiger partial charge is 0.492 e. The van der Waals surface area contributed by atoms with E-state index in [1.54, 1.807) is 17.3 Å². The Morgan fingerprint density at radius 2 is 2.25 bits per heavy atom. The maximum absolute atomic E-state index is 12.2. The highest BCUT2D eigenvalue weighted by molar-refractivity contribution is 5.81. The highest BCUT2D eigenvalue weighted by atomic mass is 16.5. The summed E-state index contributed by atoms with van der Waals surface area (Å²) in [6, 6.07) is -0.0261. The Hall–Kier alpha value is -2.21. The Kier molecular flexibility index (Phi) is 5.59. The number of carbonyl (C=O) groups excluding carboxylic acids is 1. The van der Waals surface area contributed by atoms with E-state index in [4.69, 9.17) is 4.74 Å². The van der Waals surface area contributed by atoms with E-state index in [0.717, 1.165) is 42.7 Å². The molecule has 2 heterocycles. The van der Waals surface area contributed by atoms with Crippen LogP contribution in [0.2, 0.25) is 0 Å². The van der Waals surface area contributed by atoms with Gasteiger partial charge in [-0.1, -0.05) is 0 Å². The van der Waals surface area contributed by atoms with Gasteiger partial charge in [0, 0.05) is 25.0 Å². The molecular weight excluding hydrogens is 304 g/mol. The van der Waals surface area contributed by atoms with E-state index in [1.165, 1.54) is 6.33 Å². The van der Waals surface area contributed by atoms with Crippen LogP contribution in [0.5, 0.6) is 0 Å². The number of amides is 1. The lowest BCUT2D eigenvalue weighted by molar-refractivity contribution is -0.132. The smallest absolute Gasteiger partial charge is 0.239 e. The molecule has 3 rings (SSSR count). The van der Waals surface area contributed by atoms with E-state index in [0.29, 0.717) is 13.2 Å². The van der Waals surface area contributed by atoms with Gasteiger partial charge in [-0.25, -0.2) is 9.97 Å². The fourth-order valence-corrected chi connectivity index (χ4v) is 2.91. The molecule has 1 N–H and O–H groups in total. The summed E-state index contributed by atoms with van der Waals surface area (Å²) < 4.78 is 5.82. The average Bonchev–Trinajstić information content (AvgIpc) is 3.16. The number of nitrogens with zero attached hydrogens (tertiary/aromatic N) is 3. The lowest BCUT2D eigenvalue weighted by Gasteiger charge is -2.22. The molecule has 0 unspecified atom stereocenters. The third kappa shape index (κ3) is 4.20. The Balaban J connectivity index is 1.48. The summed E-state index contributed by atoms with van der Waals surface area (Å²) in [6.07, 6.45) is 14.0. The second kappa shape index (κ2) is 8.06. The van der Waals surface area contributed by atoms with Gasteiger partial charge in [0.05, 0.1) is 12.6 Å². The lowest BCUT2D eigenvalue weighted by Crippen LogP contribution is -2.42. The summed E-state index contributed by atoms with van der Waals surface area (Å²) in [7, 11) is 1.83. The Morgan fingerprint density at radius 1 is 1.42 bits per heavy atom. The molecule has 1 aliphatic heterocycles. The minimum absolute atomic E-state index is 0.0261. The number of allylic oxidation sites excluding steroid dienone is 3. The average molecular weight is 327 g/mol. The molecule has 127 valence electrons. The molecule has 6 nitrogen and oxygen atoms in total. The Labute approximate surface area is 142 Å². The quantitative estimate of drug-likeness (QED) is 0.859. The van der Waals surface area contributed by atoms with Crippen molar-refractivity contribution in [3.05, 3.63) is 48.6 Å². The molecule has 0 spiro atoms. The van der Waals surface area contributed by atoms with Gasteiger partial charge >= 0.3 is 0 Å². The van der Waals surface area contributed by atoms with Crippen molar-refractivity contribution in [3.8, 4) is 0 Å². The van der Waals surface area contributed by atoms with Crippen molar-refractivity contribution in [1.29, 1.82) is 0 Å². The first-order valence-corrected chi connectivity index (χ1v) is 8.34. The first-order chi connectivity index (χ1) is 11.7. The molecule has 2 aliphatic rings. The van der Waals surface area contributed by atoms with E-state index in [-0.39, 0.29) is 11.9 Å². The van der Waals surface area contributed by atoms with Gasteiger partial charge in [-0.3, -0.25) is 4.79 Å². The van der Waals surface area contributed by atoms with Crippen LogP contribution in [0.3, 0.4) is 0 Å². The van der Waals surface area contributed by atoms with Gasteiger partial charge in [0.2, 0.25) is 5.91 Å². The van der Waals surface area contributed by atoms with Crippen LogP contribution in [0.1, 0.15) is 24.8 Å². The lowest BCUT2D eigenvalue weighted by atomic mass is 9.99. The molecule has 0 bridgehead atoms. The molecule has 1 saturated heterocycles. The minimum atomic E-state index is -0.0261. The zero-order valence-electron chi connectivity index (χ0n) is 13.9. The van der Waals surface area contributed by atoms with Gasteiger partial charge in [-0.05, 0) is 50.0 Å². The number of hydrogen-bond acceptors (Lipinski definition) is 5. The normalized spacial score (nSPS) is 20.3. The fourth-order valence-electron chi connectivity index (χ4n) is 2.91. The number of hydrogen-bond donors (Lipinski definition) is 1. The first kappa shape index (κ1) is 16.6. The van der Waals surface area contributed by atoms with Gasteiger partial charge in [0.1, 0.15) is 18.7 Å². The highest BCUT2D eigenvalue weighted by Gasteiger charge is 2.24. The van der Waals surface area contributed by atoms with Crippen LogP contribution in [0.25, 0.3) is 5.57 Å². The molecule has 1 radical (unpaired) electrons. The molecule has 1 fully saturated rings. The van der Waals surface area contributed by atoms with Crippen molar-refractivity contribution >= 4 is 11.5 Å². The van der Waals surface area contributed by atoms with Crippen LogP contribution >= 0.6 is 0 Å². The summed E-state index contributed by atoms with van der Waals surface area (Å²) in [5.41, 5.74) is 2.13. The van der Waals surface area contributed by atoms with Crippen molar-refractivity contribution in [3.63, 3.8) is 0 Å². The van der Waals surface area contributed by atoms with Gasteiger partial charge in [0.25, 0.3) is 0 Å². The van der Waals surface area contributed by atoms with Crippen LogP contribution in [-0.4, -0.2) is 53.6 Å². The molecule has 1 atom stereocenters. The van der Waals surface area contributed by atoms with Crippen LogP contribution < -0.4 is 5.32 Å².